The summed E-state index contributed by atoms with van der Waals surface area (Å²) < 4.78 is 43.5. The van der Waals surface area contributed by atoms with Crippen LogP contribution in [0.5, 0.6) is 5.75 Å². The lowest BCUT2D eigenvalue weighted by atomic mass is 9.91. The highest BCUT2D eigenvalue weighted by Gasteiger charge is 2.44. The Balaban J connectivity index is 1.57. The van der Waals surface area contributed by atoms with Gasteiger partial charge in [-0.3, -0.25) is 4.90 Å². The lowest BCUT2D eigenvalue weighted by molar-refractivity contribution is -0.141. The lowest BCUT2D eigenvalue weighted by Crippen LogP contribution is -2.44. The number of ether oxygens (including phenoxy) is 1. The molecule has 3 rings (SSSR count). The summed E-state index contributed by atoms with van der Waals surface area (Å²) in [6.07, 6.45) is -2.03. The fraction of sp³-hybridized carbons (Fsp3) is 0.688. The van der Waals surface area contributed by atoms with Gasteiger partial charge >= 0.3 is 6.18 Å². The molecule has 1 aromatic rings. The van der Waals surface area contributed by atoms with E-state index in [9.17, 15) is 13.2 Å². The number of thioether (sulfide) groups is 1. The minimum Gasteiger partial charge on any atom is -0.485 e. The first-order chi connectivity index (χ1) is 10.7. The maximum Gasteiger partial charge on any atom is 0.433 e. The Hall–Kier alpha value is -0.950. The number of likely N-dealkylation sites (tertiary alicyclic amines) is 1. The highest BCUT2D eigenvalue weighted by molar-refractivity contribution is 8.00. The summed E-state index contributed by atoms with van der Waals surface area (Å²) in [6, 6.07) is 2.30. The summed E-state index contributed by atoms with van der Waals surface area (Å²) in [5.74, 6) is 2.86. The second-order valence-corrected chi connectivity index (χ2v) is 8.18. The van der Waals surface area contributed by atoms with Gasteiger partial charge in [0.25, 0.3) is 0 Å². The first-order valence-electron chi connectivity index (χ1n) is 7.70. The van der Waals surface area contributed by atoms with Crippen molar-refractivity contribution in [3.8, 4) is 5.75 Å². The Labute approximate surface area is 138 Å². The summed E-state index contributed by atoms with van der Waals surface area (Å²) in [5.41, 5.74) is -0.868. The van der Waals surface area contributed by atoms with Gasteiger partial charge in [-0.05, 0) is 38.9 Å². The van der Waals surface area contributed by atoms with Gasteiger partial charge in [0, 0.05) is 30.0 Å². The number of aromatic nitrogens is 1. The second kappa shape index (κ2) is 5.84. The predicted molar refractivity (Wildman–Crippen MR) is 84.8 cm³/mol. The smallest absolute Gasteiger partial charge is 0.433 e. The van der Waals surface area contributed by atoms with Crippen molar-refractivity contribution in [3.63, 3.8) is 0 Å². The van der Waals surface area contributed by atoms with Crippen LogP contribution < -0.4 is 4.74 Å². The molecule has 0 unspecified atom stereocenters. The number of alkyl halides is 3. The van der Waals surface area contributed by atoms with Crippen molar-refractivity contribution in [1.82, 2.24) is 9.88 Å². The Morgan fingerprint density at radius 3 is 2.52 bits per heavy atom. The van der Waals surface area contributed by atoms with Crippen LogP contribution >= 0.6 is 11.8 Å². The predicted octanol–water partition coefficient (Wildman–Crippen LogP) is 3.70. The molecule has 2 aliphatic heterocycles. The van der Waals surface area contributed by atoms with Crippen molar-refractivity contribution in [1.29, 1.82) is 0 Å². The largest absolute Gasteiger partial charge is 0.485 e. The van der Waals surface area contributed by atoms with Crippen molar-refractivity contribution in [3.05, 3.63) is 24.0 Å². The molecule has 2 aliphatic rings. The first-order valence-corrected chi connectivity index (χ1v) is 8.85. The van der Waals surface area contributed by atoms with Crippen LogP contribution in [0, 0.1) is 5.41 Å². The molecule has 7 heteroatoms. The van der Waals surface area contributed by atoms with E-state index in [0.29, 0.717) is 11.2 Å². The summed E-state index contributed by atoms with van der Waals surface area (Å²) in [4.78, 5) is 5.85. The van der Waals surface area contributed by atoms with Crippen molar-refractivity contribution in [2.45, 2.75) is 32.0 Å². The fourth-order valence-electron chi connectivity index (χ4n) is 3.29. The molecule has 0 radical (unpaired) electrons. The Morgan fingerprint density at radius 1 is 1.30 bits per heavy atom. The van der Waals surface area contributed by atoms with Crippen LogP contribution in [0.3, 0.4) is 0 Å². The van der Waals surface area contributed by atoms with E-state index in [-0.39, 0.29) is 0 Å². The van der Waals surface area contributed by atoms with E-state index in [1.807, 2.05) is 25.6 Å². The maximum absolute atomic E-state index is 12.5. The number of hydrogen-bond acceptors (Lipinski definition) is 4. The van der Waals surface area contributed by atoms with Crippen LogP contribution in [0.25, 0.3) is 0 Å². The molecule has 1 aromatic heterocycles. The quantitative estimate of drug-likeness (QED) is 0.830. The maximum atomic E-state index is 12.5. The van der Waals surface area contributed by atoms with E-state index in [1.165, 1.54) is 24.0 Å². The van der Waals surface area contributed by atoms with Gasteiger partial charge in [-0.1, -0.05) is 0 Å². The molecular weight excluding hydrogens is 325 g/mol. The van der Waals surface area contributed by atoms with Crippen LogP contribution in [-0.2, 0) is 6.18 Å². The molecule has 0 bridgehead atoms. The minimum absolute atomic E-state index is 0.371. The molecule has 23 heavy (non-hydrogen) atoms. The average Bonchev–Trinajstić information content (AvgIpc) is 2.81. The van der Waals surface area contributed by atoms with E-state index in [4.69, 9.17) is 4.74 Å². The molecule has 0 N–H and O–H groups in total. The monoisotopic (exact) mass is 346 g/mol. The van der Waals surface area contributed by atoms with E-state index >= 15 is 0 Å². The standard InChI is InChI=1S/C16H21F3N2OS/c1-14(2,8-21-6-5-15(9-21)10-23-11-15)22-12-3-4-13(20-7-12)16(17,18)19/h3-4,7H,5-6,8-11H2,1-2H3. The Bertz CT molecular complexity index is 555. The molecule has 3 nitrogen and oxygen atoms in total. The van der Waals surface area contributed by atoms with E-state index in [1.54, 1.807) is 0 Å². The molecule has 3 heterocycles. The molecule has 1 spiro atoms. The van der Waals surface area contributed by atoms with Gasteiger partial charge in [0.05, 0.1) is 6.20 Å². The Kier molecular flexibility index (Phi) is 4.29. The third-order valence-electron chi connectivity index (χ3n) is 4.36. The van der Waals surface area contributed by atoms with Gasteiger partial charge in [0.2, 0.25) is 0 Å². The number of hydrogen-bond donors (Lipinski definition) is 0. The van der Waals surface area contributed by atoms with E-state index < -0.39 is 17.5 Å². The molecular formula is C16H21F3N2OS. The SMILES string of the molecule is CC(C)(CN1CCC2(CSC2)C1)Oc1ccc(C(F)(F)F)nc1. The van der Waals surface area contributed by atoms with E-state index in [2.05, 4.69) is 9.88 Å². The molecule has 0 amide bonds. The summed E-state index contributed by atoms with van der Waals surface area (Å²) in [5, 5.41) is 0. The van der Waals surface area contributed by atoms with Crippen molar-refractivity contribution in [2.24, 2.45) is 5.41 Å². The second-order valence-electron chi connectivity index (χ2n) is 7.19. The summed E-state index contributed by atoms with van der Waals surface area (Å²) in [6.45, 7) is 6.85. The first kappa shape index (κ1) is 16.9. The topological polar surface area (TPSA) is 25.4 Å². The Morgan fingerprint density at radius 2 is 2.04 bits per heavy atom. The number of pyridine rings is 1. The van der Waals surface area contributed by atoms with Crippen LogP contribution in [0.4, 0.5) is 13.2 Å². The normalized spacial score (nSPS) is 21.4. The third kappa shape index (κ3) is 3.94. The van der Waals surface area contributed by atoms with Gasteiger partial charge in [-0.2, -0.15) is 24.9 Å². The van der Waals surface area contributed by atoms with Crippen molar-refractivity contribution in [2.75, 3.05) is 31.1 Å². The minimum atomic E-state index is -4.42. The molecule has 0 saturated carbocycles. The average molecular weight is 346 g/mol. The molecule has 2 saturated heterocycles. The molecule has 0 atom stereocenters. The lowest BCUT2D eigenvalue weighted by Gasteiger charge is -2.38. The fourth-order valence-corrected chi connectivity index (χ4v) is 4.54. The number of halogens is 3. The van der Waals surface area contributed by atoms with Gasteiger partial charge in [-0.25, -0.2) is 4.98 Å². The van der Waals surface area contributed by atoms with Crippen LogP contribution in [0.1, 0.15) is 26.0 Å². The number of nitrogens with zero attached hydrogens (tertiary/aromatic N) is 2. The zero-order chi connectivity index (χ0) is 16.7. The molecule has 2 fully saturated rings. The zero-order valence-electron chi connectivity index (χ0n) is 13.3. The van der Waals surface area contributed by atoms with Crippen LogP contribution in [-0.4, -0.2) is 46.6 Å². The van der Waals surface area contributed by atoms with Crippen LogP contribution in [0.2, 0.25) is 0 Å². The molecule has 0 aromatic carbocycles. The van der Waals surface area contributed by atoms with Gasteiger partial charge in [0.15, 0.2) is 0 Å². The molecule has 0 aliphatic carbocycles. The highest BCUT2D eigenvalue weighted by atomic mass is 32.2. The number of rotatable bonds is 4. The third-order valence-corrected chi connectivity index (χ3v) is 5.99. The zero-order valence-corrected chi connectivity index (χ0v) is 14.1. The van der Waals surface area contributed by atoms with E-state index in [0.717, 1.165) is 31.9 Å². The van der Waals surface area contributed by atoms with Gasteiger partial charge in [0.1, 0.15) is 17.0 Å². The van der Waals surface area contributed by atoms with Crippen molar-refractivity contribution >= 4 is 11.8 Å². The summed E-state index contributed by atoms with van der Waals surface area (Å²) >= 11 is 2.00. The summed E-state index contributed by atoms with van der Waals surface area (Å²) in [7, 11) is 0. The molecule has 128 valence electrons. The van der Waals surface area contributed by atoms with Crippen LogP contribution in [0.15, 0.2) is 18.3 Å². The van der Waals surface area contributed by atoms with Gasteiger partial charge in [-0.15, -0.1) is 0 Å². The van der Waals surface area contributed by atoms with Crippen molar-refractivity contribution < 1.29 is 17.9 Å². The van der Waals surface area contributed by atoms with Gasteiger partial charge < -0.3 is 4.74 Å². The highest BCUT2D eigenvalue weighted by Crippen LogP contribution is 2.45.